The fourth-order valence-electron chi connectivity index (χ4n) is 4.55. The SMILES string of the molecule is N#CC1CCCN1C(=O)c1cc2ccc(-c3nccc(Nc4ccc(-c5cn[nH]c5)cc4)n3)cc2[nH]1. The van der Waals surface area contributed by atoms with Crippen LogP contribution in [-0.4, -0.2) is 48.5 Å². The summed E-state index contributed by atoms with van der Waals surface area (Å²) in [6.07, 6.45) is 6.93. The topological polar surface area (TPSA) is 126 Å². The molecule has 5 aromatic rings. The van der Waals surface area contributed by atoms with Gasteiger partial charge in [0.1, 0.15) is 17.6 Å². The van der Waals surface area contributed by atoms with Crippen molar-refractivity contribution in [1.29, 1.82) is 5.26 Å². The molecule has 3 aromatic heterocycles. The predicted molar refractivity (Wildman–Crippen MR) is 136 cm³/mol. The fraction of sp³-hybridized carbons (Fsp3) is 0.148. The van der Waals surface area contributed by atoms with Crippen LogP contribution >= 0.6 is 0 Å². The quantitative estimate of drug-likeness (QED) is 0.333. The van der Waals surface area contributed by atoms with E-state index in [1.54, 1.807) is 17.3 Å². The molecule has 4 heterocycles. The average Bonchev–Trinajstić information content (AvgIpc) is 3.69. The van der Waals surface area contributed by atoms with E-state index < -0.39 is 0 Å². The second-order valence-electron chi connectivity index (χ2n) is 8.73. The Bertz CT molecular complexity index is 1580. The van der Waals surface area contributed by atoms with Crippen LogP contribution in [0.3, 0.4) is 0 Å². The molecule has 1 amide bonds. The molecule has 2 aromatic carbocycles. The number of aromatic nitrogens is 5. The number of fused-ring (bicyclic) bond motifs is 1. The highest BCUT2D eigenvalue weighted by Crippen LogP contribution is 2.27. The summed E-state index contributed by atoms with van der Waals surface area (Å²) in [5.74, 6) is 1.11. The van der Waals surface area contributed by atoms with E-state index in [0.29, 0.717) is 23.9 Å². The molecule has 36 heavy (non-hydrogen) atoms. The Balaban J connectivity index is 1.22. The monoisotopic (exact) mass is 474 g/mol. The van der Waals surface area contributed by atoms with Gasteiger partial charge in [0.15, 0.2) is 5.82 Å². The van der Waals surface area contributed by atoms with Crippen LogP contribution in [0.15, 0.2) is 73.2 Å². The van der Waals surface area contributed by atoms with Crippen LogP contribution in [-0.2, 0) is 0 Å². The number of hydrogen-bond donors (Lipinski definition) is 3. The van der Waals surface area contributed by atoms with Gasteiger partial charge in [-0.15, -0.1) is 0 Å². The zero-order chi connectivity index (χ0) is 24.5. The second kappa shape index (κ2) is 9.00. The lowest BCUT2D eigenvalue weighted by Gasteiger charge is -2.18. The standard InChI is InChI=1S/C27H22N8O/c28-14-22-2-1-11-35(22)27(36)24-12-18-3-4-19(13-23(18)33-24)26-29-10-9-25(34-26)32-21-7-5-17(6-8-21)20-15-30-31-16-20/h3-10,12-13,15-16,22,33H,1-2,11H2,(H,30,31)(H,29,32,34). The number of nitriles is 1. The molecule has 1 atom stereocenters. The van der Waals surface area contributed by atoms with Crippen LogP contribution < -0.4 is 5.32 Å². The van der Waals surface area contributed by atoms with Crippen molar-refractivity contribution in [3.05, 3.63) is 78.9 Å². The molecule has 9 nitrogen and oxygen atoms in total. The lowest BCUT2D eigenvalue weighted by molar-refractivity contribution is 0.0760. The minimum absolute atomic E-state index is 0.141. The Hall–Kier alpha value is -4.97. The van der Waals surface area contributed by atoms with E-state index in [4.69, 9.17) is 0 Å². The van der Waals surface area contributed by atoms with Crippen molar-refractivity contribution in [2.24, 2.45) is 0 Å². The number of hydrogen-bond acceptors (Lipinski definition) is 6. The first-order chi connectivity index (χ1) is 17.7. The Kier molecular flexibility index (Phi) is 5.39. The Morgan fingerprint density at radius 3 is 2.75 bits per heavy atom. The van der Waals surface area contributed by atoms with Crippen LogP contribution in [0.1, 0.15) is 23.3 Å². The van der Waals surface area contributed by atoms with E-state index in [2.05, 4.69) is 36.5 Å². The number of likely N-dealkylation sites (tertiary alicyclic amines) is 1. The first kappa shape index (κ1) is 21.6. The zero-order valence-corrected chi connectivity index (χ0v) is 19.3. The summed E-state index contributed by atoms with van der Waals surface area (Å²) in [6, 6.07) is 19.4. The van der Waals surface area contributed by atoms with Crippen molar-refractivity contribution >= 4 is 28.3 Å². The number of H-pyrrole nitrogens is 2. The Labute approximate surface area is 206 Å². The molecule has 0 saturated carbocycles. The molecule has 1 unspecified atom stereocenters. The maximum absolute atomic E-state index is 13.0. The molecule has 0 radical (unpaired) electrons. The average molecular weight is 475 g/mol. The van der Waals surface area contributed by atoms with Crippen molar-refractivity contribution in [1.82, 2.24) is 30.0 Å². The van der Waals surface area contributed by atoms with Gasteiger partial charge in [0, 0.05) is 46.7 Å². The van der Waals surface area contributed by atoms with Gasteiger partial charge in [-0.3, -0.25) is 9.89 Å². The van der Waals surface area contributed by atoms with Crippen molar-refractivity contribution in [2.75, 3.05) is 11.9 Å². The Morgan fingerprint density at radius 1 is 1.08 bits per heavy atom. The maximum atomic E-state index is 13.0. The third-order valence-electron chi connectivity index (χ3n) is 6.42. The van der Waals surface area contributed by atoms with Gasteiger partial charge in [-0.05, 0) is 48.7 Å². The first-order valence-corrected chi connectivity index (χ1v) is 11.7. The third-order valence-corrected chi connectivity index (χ3v) is 6.42. The molecule has 1 aliphatic rings. The number of aromatic amines is 2. The number of amides is 1. The van der Waals surface area contributed by atoms with Crippen LogP contribution in [0.2, 0.25) is 0 Å². The summed E-state index contributed by atoms with van der Waals surface area (Å²) < 4.78 is 0. The number of carbonyl (C=O) groups is 1. The molecular weight excluding hydrogens is 452 g/mol. The zero-order valence-electron chi connectivity index (χ0n) is 19.3. The predicted octanol–water partition coefficient (Wildman–Crippen LogP) is 4.89. The highest BCUT2D eigenvalue weighted by atomic mass is 16.2. The largest absolute Gasteiger partial charge is 0.351 e. The van der Waals surface area contributed by atoms with Crippen LogP contribution in [0, 0.1) is 11.3 Å². The Morgan fingerprint density at radius 2 is 1.94 bits per heavy atom. The number of anilines is 2. The highest BCUT2D eigenvalue weighted by Gasteiger charge is 2.30. The highest BCUT2D eigenvalue weighted by molar-refractivity contribution is 5.99. The molecule has 0 spiro atoms. The fourth-order valence-corrected chi connectivity index (χ4v) is 4.55. The molecule has 1 fully saturated rings. The molecular formula is C27H22N8O. The summed E-state index contributed by atoms with van der Waals surface area (Å²) in [5, 5.41) is 20.4. The molecule has 176 valence electrons. The van der Waals surface area contributed by atoms with Gasteiger partial charge in [0.05, 0.1) is 12.3 Å². The van der Waals surface area contributed by atoms with E-state index in [0.717, 1.165) is 46.1 Å². The molecule has 1 aliphatic heterocycles. The maximum Gasteiger partial charge on any atom is 0.271 e. The summed E-state index contributed by atoms with van der Waals surface area (Å²) in [6.45, 7) is 0.608. The summed E-state index contributed by atoms with van der Waals surface area (Å²) in [4.78, 5) is 26.9. The van der Waals surface area contributed by atoms with Gasteiger partial charge in [-0.1, -0.05) is 24.3 Å². The number of carbonyl (C=O) groups excluding carboxylic acids is 1. The molecule has 9 heteroatoms. The van der Waals surface area contributed by atoms with Crippen molar-refractivity contribution in [2.45, 2.75) is 18.9 Å². The van der Waals surface area contributed by atoms with E-state index in [1.165, 1.54) is 0 Å². The van der Waals surface area contributed by atoms with Crippen LogP contribution in [0.4, 0.5) is 11.5 Å². The molecule has 6 rings (SSSR count). The second-order valence-corrected chi connectivity index (χ2v) is 8.73. The third kappa shape index (κ3) is 4.05. The van der Waals surface area contributed by atoms with Gasteiger partial charge in [-0.25, -0.2) is 9.97 Å². The normalized spacial score (nSPS) is 15.2. The lowest BCUT2D eigenvalue weighted by atomic mass is 10.1. The van der Waals surface area contributed by atoms with Gasteiger partial charge in [-0.2, -0.15) is 10.4 Å². The minimum atomic E-state index is -0.357. The van der Waals surface area contributed by atoms with E-state index in [9.17, 15) is 10.1 Å². The van der Waals surface area contributed by atoms with Gasteiger partial charge < -0.3 is 15.2 Å². The van der Waals surface area contributed by atoms with Crippen molar-refractivity contribution in [3.8, 4) is 28.6 Å². The van der Waals surface area contributed by atoms with Gasteiger partial charge in [0.2, 0.25) is 0 Å². The van der Waals surface area contributed by atoms with E-state index >= 15 is 0 Å². The molecule has 1 saturated heterocycles. The number of benzene rings is 2. The minimum Gasteiger partial charge on any atom is -0.351 e. The van der Waals surface area contributed by atoms with E-state index in [1.807, 2.05) is 60.8 Å². The van der Waals surface area contributed by atoms with E-state index in [-0.39, 0.29) is 11.9 Å². The summed E-state index contributed by atoms with van der Waals surface area (Å²) >= 11 is 0. The van der Waals surface area contributed by atoms with Gasteiger partial charge in [0.25, 0.3) is 5.91 Å². The number of nitrogens with zero attached hydrogens (tertiary/aromatic N) is 5. The molecule has 0 aliphatic carbocycles. The molecule has 3 N–H and O–H groups in total. The van der Waals surface area contributed by atoms with Crippen LogP contribution in [0.5, 0.6) is 0 Å². The summed E-state index contributed by atoms with van der Waals surface area (Å²) in [7, 11) is 0. The molecule has 0 bridgehead atoms. The van der Waals surface area contributed by atoms with Gasteiger partial charge >= 0.3 is 0 Å². The summed E-state index contributed by atoms with van der Waals surface area (Å²) in [5.41, 5.74) is 5.15. The van der Waals surface area contributed by atoms with Crippen LogP contribution in [0.25, 0.3) is 33.4 Å². The first-order valence-electron chi connectivity index (χ1n) is 11.7. The van der Waals surface area contributed by atoms with Crippen molar-refractivity contribution < 1.29 is 4.79 Å². The lowest BCUT2D eigenvalue weighted by Crippen LogP contribution is -2.34. The van der Waals surface area contributed by atoms with Crippen molar-refractivity contribution in [3.63, 3.8) is 0 Å². The smallest absolute Gasteiger partial charge is 0.271 e. The number of rotatable bonds is 5. The number of nitrogens with one attached hydrogen (secondary N) is 3.